The maximum absolute atomic E-state index is 11.3. The molecule has 20 heavy (non-hydrogen) atoms. The second-order valence-electron chi connectivity index (χ2n) is 3.65. The molecular formula is C12H14BrN3O4. The average Bonchev–Trinajstić information content (AvgIpc) is 2.42. The molecule has 1 aromatic rings. The van der Waals surface area contributed by atoms with Crippen LogP contribution in [0.3, 0.4) is 0 Å². The van der Waals surface area contributed by atoms with Gasteiger partial charge in [-0.1, -0.05) is 15.9 Å². The molecule has 8 heteroatoms. The number of amides is 2. The van der Waals surface area contributed by atoms with Crippen LogP contribution in [0.2, 0.25) is 0 Å². The van der Waals surface area contributed by atoms with E-state index in [9.17, 15) is 14.7 Å². The van der Waals surface area contributed by atoms with Crippen molar-refractivity contribution in [1.29, 1.82) is 0 Å². The van der Waals surface area contributed by atoms with Gasteiger partial charge in [0.1, 0.15) is 5.75 Å². The van der Waals surface area contributed by atoms with Crippen molar-refractivity contribution in [3.63, 3.8) is 0 Å². The number of carbonyl (C=O) groups excluding carboxylic acids is 2. The highest BCUT2D eigenvalue weighted by molar-refractivity contribution is 9.10. The Balaban J connectivity index is 2.49. The number of phenolic OH excluding ortho intramolecular Hbond substituents is 1. The maximum atomic E-state index is 11.3. The van der Waals surface area contributed by atoms with Crippen LogP contribution in [-0.4, -0.2) is 43.4 Å². The number of ether oxygens (including phenoxy) is 1. The van der Waals surface area contributed by atoms with Gasteiger partial charge in [-0.2, -0.15) is 5.10 Å². The molecule has 0 aromatic heterocycles. The predicted octanol–water partition coefficient (Wildman–Crippen LogP) is 0.367. The topological polar surface area (TPSA) is 100 Å². The lowest BCUT2D eigenvalue weighted by molar-refractivity contribution is -0.139. The van der Waals surface area contributed by atoms with Gasteiger partial charge >= 0.3 is 11.8 Å². The quantitative estimate of drug-likeness (QED) is 0.311. The molecule has 108 valence electrons. The first kappa shape index (κ1) is 16.1. The standard InChI is InChI=1S/C12H14BrN3O4/c1-20-5-4-14-11(18)12(19)16-15-7-8-6-9(13)2-3-10(8)17/h2-3,6-7,17H,4-5H2,1H3,(H,14,18)(H,16,19)/b15-7-. The number of halogens is 1. The Bertz CT molecular complexity index is 519. The third-order valence-electron chi connectivity index (χ3n) is 2.16. The van der Waals surface area contributed by atoms with E-state index in [0.717, 1.165) is 4.47 Å². The molecule has 0 bridgehead atoms. The van der Waals surface area contributed by atoms with Crippen molar-refractivity contribution in [3.8, 4) is 5.75 Å². The molecular weight excluding hydrogens is 330 g/mol. The van der Waals surface area contributed by atoms with Crippen molar-refractivity contribution in [3.05, 3.63) is 28.2 Å². The Kier molecular flexibility index (Phi) is 6.68. The van der Waals surface area contributed by atoms with E-state index in [0.29, 0.717) is 12.2 Å². The van der Waals surface area contributed by atoms with Crippen molar-refractivity contribution in [2.45, 2.75) is 0 Å². The zero-order valence-corrected chi connectivity index (χ0v) is 12.3. The van der Waals surface area contributed by atoms with Crippen molar-refractivity contribution in [2.24, 2.45) is 5.10 Å². The van der Waals surface area contributed by atoms with Gasteiger partial charge in [0.05, 0.1) is 12.8 Å². The zero-order chi connectivity index (χ0) is 15.0. The molecule has 7 nitrogen and oxygen atoms in total. The minimum Gasteiger partial charge on any atom is -0.507 e. The van der Waals surface area contributed by atoms with E-state index >= 15 is 0 Å². The summed E-state index contributed by atoms with van der Waals surface area (Å²) >= 11 is 3.24. The van der Waals surface area contributed by atoms with Crippen molar-refractivity contribution < 1.29 is 19.4 Å². The summed E-state index contributed by atoms with van der Waals surface area (Å²) in [6.07, 6.45) is 1.24. The van der Waals surface area contributed by atoms with Crippen molar-refractivity contribution in [2.75, 3.05) is 20.3 Å². The lowest BCUT2D eigenvalue weighted by Crippen LogP contribution is -2.39. The van der Waals surface area contributed by atoms with Gasteiger partial charge in [-0.25, -0.2) is 5.43 Å². The van der Waals surface area contributed by atoms with Crippen LogP contribution in [0.15, 0.2) is 27.8 Å². The van der Waals surface area contributed by atoms with Crippen molar-refractivity contribution in [1.82, 2.24) is 10.7 Å². The molecule has 0 saturated carbocycles. The Hall–Kier alpha value is -1.93. The monoisotopic (exact) mass is 343 g/mol. The summed E-state index contributed by atoms with van der Waals surface area (Å²) < 4.78 is 5.48. The normalized spacial score (nSPS) is 10.5. The molecule has 0 unspecified atom stereocenters. The molecule has 0 saturated heterocycles. The highest BCUT2D eigenvalue weighted by Gasteiger charge is 2.11. The summed E-state index contributed by atoms with van der Waals surface area (Å²) in [4.78, 5) is 22.6. The largest absolute Gasteiger partial charge is 0.507 e. The molecule has 0 aliphatic heterocycles. The van der Waals surface area contributed by atoms with Gasteiger partial charge in [0.2, 0.25) is 0 Å². The highest BCUT2D eigenvalue weighted by Crippen LogP contribution is 2.19. The van der Waals surface area contributed by atoms with Gasteiger partial charge in [-0.05, 0) is 18.2 Å². The van der Waals surface area contributed by atoms with Crippen LogP contribution in [0.25, 0.3) is 0 Å². The molecule has 0 heterocycles. The fraction of sp³-hybridized carbons (Fsp3) is 0.250. The van der Waals surface area contributed by atoms with E-state index in [1.54, 1.807) is 12.1 Å². The summed E-state index contributed by atoms with van der Waals surface area (Å²) in [7, 11) is 1.49. The molecule has 3 N–H and O–H groups in total. The Morgan fingerprint density at radius 1 is 1.45 bits per heavy atom. The molecule has 1 rings (SSSR count). The van der Waals surface area contributed by atoms with Gasteiger partial charge < -0.3 is 15.2 Å². The zero-order valence-electron chi connectivity index (χ0n) is 10.7. The Labute approximate surface area is 124 Å². The number of hydrogen-bond donors (Lipinski definition) is 3. The number of hydrogen-bond acceptors (Lipinski definition) is 5. The summed E-state index contributed by atoms with van der Waals surface area (Å²) in [5, 5.41) is 15.5. The Morgan fingerprint density at radius 2 is 2.20 bits per heavy atom. The molecule has 0 spiro atoms. The lowest BCUT2D eigenvalue weighted by Gasteiger charge is -2.03. The van der Waals surface area contributed by atoms with Crippen LogP contribution in [0.4, 0.5) is 0 Å². The number of aromatic hydroxyl groups is 1. The van der Waals surface area contributed by atoms with E-state index in [1.165, 1.54) is 19.4 Å². The number of phenols is 1. The first-order chi connectivity index (χ1) is 9.54. The number of carbonyl (C=O) groups is 2. The van der Waals surface area contributed by atoms with E-state index < -0.39 is 11.8 Å². The average molecular weight is 344 g/mol. The third-order valence-corrected chi connectivity index (χ3v) is 2.65. The first-order valence-corrected chi connectivity index (χ1v) is 6.42. The Morgan fingerprint density at radius 3 is 2.90 bits per heavy atom. The second kappa shape index (κ2) is 8.28. The van der Waals surface area contributed by atoms with Gasteiger partial charge in [-0.3, -0.25) is 9.59 Å². The summed E-state index contributed by atoms with van der Waals surface area (Å²) in [5.74, 6) is -1.69. The number of nitrogens with zero attached hydrogens (tertiary/aromatic N) is 1. The number of hydrazone groups is 1. The van der Waals surface area contributed by atoms with E-state index in [-0.39, 0.29) is 12.3 Å². The van der Waals surface area contributed by atoms with Crippen molar-refractivity contribution >= 4 is 34.0 Å². The maximum Gasteiger partial charge on any atom is 0.329 e. The fourth-order valence-electron chi connectivity index (χ4n) is 1.19. The smallest absolute Gasteiger partial charge is 0.329 e. The fourth-order valence-corrected chi connectivity index (χ4v) is 1.57. The van der Waals surface area contributed by atoms with E-state index in [2.05, 4.69) is 31.8 Å². The lowest BCUT2D eigenvalue weighted by atomic mass is 10.2. The predicted molar refractivity (Wildman–Crippen MR) is 76.4 cm³/mol. The van der Waals surface area contributed by atoms with Gasteiger partial charge in [0.15, 0.2) is 0 Å². The van der Waals surface area contributed by atoms with Crippen LogP contribution in [0.5, 0.6) is 5.75 Å². The molecule has 0 radical (unpaired) electrons. The van der Waals surface area contributed by atoms with Crippen LogP contribution >= 0.6 is 15.9 Å². The van der Waals surface area contributed by atoms with Crippen LogP contribution < -0.4 is 10.7 Å². The summed E-state index contributed by atoms with van der Waals surface area (Å²) in [6.45, 7) is 0.549. The molecule has 0 fully saturated rings. The van der Waals surface area contributed by atoms with Crippen LogP contribution in [0, 0.1) is 0 Å². The second-order valence-corrected chi connectivity index (χ2v) is 4.57. The van der Waals surface area contributed by atoms with Gasteiger partial charge in [0.25, 0.3) is 0 Å². The number of methoxy groups -OCH3 is 1. The van der Waals surface area contributed by atoms with Crippen LogP contribution in [-0.2, 0) is 14.3 Å². The SMILES string of the molecule is COCCNC(=O)C(=O)N/N=C\c1cc(Br)ccc1O. The summed E-state index contributed by atoms with van der Waals surface area (Å²) in [5.41, 5.74) is 2.46. The molecule has 0 aliphatic carbocycles. The molecule has 0 aliphatic rings. The van der Waals surface area contributed by atoms with E-state index in [1.807, 2.05) is 0 Å². The van der Waals surface area contributed by atoms with Gasteiger partial charge in [0, 0.05) is 23.7 Å². The van der Waals surface area contributed by atoms with Crippen LogP contribution in [0.1, 0.15) is 5.56 Å². The number of nitrogens with one attached hydrogen (secondary N) is 2. The third kappa shape index (κ3) is 5.37. The van der Waals surface area contributed by atoms with E-state index in [4.69, 9.17) is 4.74 Å². The molecule has 2 amide bonds. The highest BCUT2D eigenvalue weighted by atomic mass is 79.9. The van der Waals surface area contributed by atoms with Gasteiger partial charge in [-0.15, -0.1) is 0 Å². The minimum absolute atomic E-state index is 0.00995. The number of benzene rings is 1. The molecule has 1 aromatic carbocycles. The number of rotatable bonds is 5. The first-order valence-electron chi connectivity index (χ1n) is 5.63. The minimum atomic E-state index is -0.896. The molecule has 0 atom stereocenters. The summed E-state index contributed by atoms with van der Waals surface area (Å²) in [6, 6.07) is 4.75.